The maximum Gasteiger partial charge on any atom is 0.134 e. The number of aromatic nitrogens is 2. The average molecular weight is 250 g/mol. The van der Waals surface area contributed by atoms with Gasteiger partial charge in [0.2, 0.25) is 0 Å². The second-order valence-corrected chi connectivity index (χ2v) is 4.70. The first-order valence-corrected chi connectivity index (χ1v) is 6.61. The Morgan fingerprint density at radius 3 is 3.00 bits per heavy atom. The van der Waals surface area contributed by atoms with Gasteiger partial charge in [-0.1, -0.05) is 0 Å². The predicted octanol–water partition coefficient (Wildman–Crippen LogP) is 1.83. The van der Waals surface area contributed by atoms with Gasteiger partial charge in [0.05, 0.1) is 6.10 Å². The molecular formula is C13H22N4O. The van der Waals surface area contributed by atoms with Crippen molar-refractivity contribution in [2.24, 2.45) is 0 Å². The molecule has 2 rings (SSSR count). The van der Waals surface area contributed by atoms with Crippen molar-refractivity contribution < 1.29 is 4.74 Å². The fourth-order valence-electron chi connectivity index (χ4n) is 2.21. The van der Waals surface area contributed by atoms with Crippen LogP contribution in [-0.4, -0.2) is 42.8 Å². The Kier molecular flexibility index (Phi) is 4.36. The Hall–Kier alpha value is -1.36. The first-order valence-electron chi connectivity index (χ1n) is 6.61. The molecule has 0 spiro atoms. The van der Waals surface area contributed by atoms with Crippen LogP contribution in [0.2, 0.25) is 0 Å². The minimum absolute atomic E-state index is 0.341. The van der Waals surface area contributed by atoms with Crippen LogP contribution in [0.5, 0.6) is 0 Å². The lowest BCUT2D eigenvalue weighted by Gasteiger charge is -2.22. The predicted molar refractivity (Wildman–Crippen MR) is 73.2 cm³/mol. The van der Waals surface area contributed by atoms with Gasteiger partial charge in [-0.3, -0.25) is 0 Å². The van der Waals surface area contributed by atoms with Gasteiger partial charge >= 0.3 is 0 Å². The molecule has 0 radical (unpaired) electrons. The number of ether oxygens (including phenoxy) is 1. The van der Waals surface area contributed by atoms with Crippen LogP contribution in [0, 0.1) is 6.92 Å². The number of rotatable bonds is 5. The minimum Gasteiger partial charge on any atom is -0.376 e. The van der Waals surface area contributed by atoms with Crippen LogP contribution in [0.4, 0.5) is 11.6 Å². The third kappa shape index (κ3) is 3.32. The highest BCUT2D eigenvalue weighted by Crippen LogP contribution is 2.18. The Morgan fingerprint density at radius 1 is 1.50 bits per heavy atom. The number of anilines is 2. The lowest BCUT2D eigenvalue weighted by Crippen LogP contribution is -2.29. The lowest BCUT2D eigenvalue weighted by molar-refractivity contribution is 0.116. The zero-order chi connectivity index (χ0) is 13.0. The summed E-state index contributed by atoms with van der Waals surface area (Å²) in [6, 6.07) is 1.99. The van der Waals surface area contributed by atoms with Crippen LogP contribution in [0.15, 0.2) is 6.07 Å². The summed E-state index contributed by atoms with van der Waals surface area (Å²) in [6.07, 6.45) is 2.66. The Morgan fingerprint density at radius 2 is 2.33 bits per heavy atom. The summed E-state index contributed by atoms with van der Waals surface area (Å²) in [4.78, 5) is 11.0. The molecule has 0 aromatic carbocycles. The van der Waals surface area contributed by atoms with Gasteiger partial charge in [0.15, 0.2) is 0 Å². The third-order valence-electron chi connectivity index (χ3n) is 3.07. The Balaban J connectivity index is 2.05. The van der Waals surface area contributed by atoms with Crippen LogP contribution in [0.1, 0.15) is 25.6 Å². The van der Waals surface area contributed by atoms with Gasteiger partial charge in [0.1, 0.15) is 17.5 Å². The standard InChI is InChI=1S/C13H22N4O/c1-4-14-12-8-13(16-10(2)15-12)17(3)9-11-6-5-7-18-11/h8,11H,4-7,9H2,1-3H3,(H,14,15,16). The van der Waals surface area contributed by atoms with Gasteiger partial charge in [0, 0.05) is 32.8 Å². The zero-order valence-electron chi connectivity index (χ0n) is 11.4. The van der Waals surface area contributed by atoms with Crippen molar-refractivity contribution in [3.63, 3.8) is 0 Å². The smallest absolute Gasteiger partial charge is 0.134 e. The Bertz CT molecular complexity index is 391. The molecule has 18 heavy (non-hydrogen) atoms. The molecule has 1 aliphatic rings. The van der Waals surface area contributed by atoms with Gasteiger partial charge in [-0.05, 0) is 26.7 Å². The van der Waals surface area contributed by atoms with E-state index in [-0.39, 0.29) is 0 Å². The maximum absolute atomic E-state index is 5.65. The van der Waals surface area contributed by atoms with Crippen molar-refractivity contribution in [2.75, 3.05) is 37.0 Å². The summed E-state index contributed by atoms with van der Waals surface area (Å²) >= 11 is 0. The van der Waals surface area contributed by atoms with Crippen LogP contribution in [-0.2, 0) is 4.74 Å². The summed E-state index contributed by atoms with van der Waals surface area (Å²) in [5.74, 6) is 2.63. The number of nitrogens with zero attached hydrogens (tertiary/aromatic N) is 3. The van der Waals surface area contributed by atoms with E-state index in [9.17, 15) is 0 Å². The van der Waals surface area contributed by atoms with Crippen molar-refractivity contribution in [2.45, 2.75) is 32.8 Å². The van der Waals surface area contributed by atoms with Crippen molar-refractivity contribution in [3.05, 3.63) is 11.9 Å². The normalized spacial score (nSPS) is 18.9. The highest BCUT2D eigenvalue weighted by molar-refractivity contribution is 5.48. The first kappa shape index (κ1) is 13.1. The molecule has 1 N–H and O–H groups in total. The molecule has 2 heterocycles. The van der Waals surface area contributed by atoms with Crippen molar-refractivity contribution >= 4 is 11.6 Å². The maximum atomic E-state index is 5.65. The minimum atomic E-state index is 0.341. The van der Waals surface area contributed by atoms with Crippen molar-refractivity contribution in [1.82, 2.24) is 9.97 Å². The molecular weight excluding hydrogens is 228 g/mol. The number of hydrogen-bond acceptors (Lipinski definition) is 5. The molecule has 5 nitrogen and oxygen atoms in total. The highest BCUT2D eigenvalue weighted by atomic mass is 16.5. The molecule has 1 aliphatic heterocycles. The average Bonchev–Trinajstić information content (AvgIpc) is 2.81. The van der Waals surface area contributed by atoms with E-state index in [0.29, 0.717) is 6.10 Å². The van der Waals surface area contributed by atoms with E-state index in [0.717, 1.165) is 43.6 Å². The quantitative estimate of drug-likeness (QED) is 0.864. The Labute approximate surface area is 109 Å². The molecule has 100 valence electrons. The second-order valence-electron chi connectivity index (χ2n) is 4.70. The molecule has 0 bridgehead atoms. The largest absolute Gasteiger partial charge is 0.376 e. The van der Waals surface area contributed by atoms with E-state index in [2.05, 4.69) is 34.2 Å². The van der Waals surface area contributed by atoms with E-state index < -0.39 is 0 Å². The lowest BCUT2D eigenvalue weighted by atomic mass is 10.2. The summed E-state index contributed by atoms with van der Waals surface area (Å²) in [5.41, 5.74) is 0. The molecule has 0 aliphatic carbocycles. The van der Waals surface area contributed by atoms with Gasteiger partial charge < -0.3 is 15.0 Å². The molecule has 1 aromatic rings. The monoisotopic (exact) mass is 250 g/mol. The van der Waals surface area contributed by atoms with E-state index in [4.69, 9.17) is 4.74 Å². The summed E-state index contributed by atoms with van der Waals surface area (Å²) < 4.78 is 5.65. The molecule has 0 saturated carbocycles. The highest BCUT2D eigenvalue weighted by Gasteiger charge is 2.18. The fraction of sp³-hybridized carbons (Fsp3) is 0.692. The van der Waals surface area contributed by atoms with Crippen LogP contribution in [0.3, 0.4) is 0 Å². The van der Waals surface area contributed by atoms with E-state index in [1.807, 2.05) is 13.0 Å². The third-order valence-corrected chi connectivity index (χ3v) is 3.07. The number of hydrogen-bond donors (Lipinski definition) is 1. The second kappa shape index (κ2) is 6.00. The van der Waals surface area contributed by atoms with E-state index in [1.54, 1.807) is 0 Å². The summed E-state index contributed by atoms with van der Waals surface area (Å²) in [5, 5.41) is 3.23. The number of likely N-dealkylation sites (N-methyl/N-ethyl adjacent to an activating group) is 1. The molecule has 0 amide bonds. The molecule has 1 unspecified atom stereocenters. The van der Waals surface area contributed by atoms with E-state index >= 15 is 0 Å². The first-order chi connectivity index (χ1) is 8.69. The van der Waals surface area contributed by atoms with Gasteiger partial charge in [-0.25, -0.2) is 9.97 Å². The van der Waals surface area contributed by atoms with Crippen LogP contribution >= 0.6 is 0 Å². The number of aryl methyl sites for hydroxylation is 1. The van der Waals surface area contributed by atoms with Crippen molar-refractivity contribution in [1.29, 1.82) is 0 Å². The van der Waals surface area contributed by atoms with Gasteiger partial charge in [-0.2, -0.15) is 0 Å². The van der Waals surface area contributed by atoms with Crippen LogP contribution < -0.4 is 10.2 Å². The molecule has 5 heteroatoms. The molecule has 1 fully saturated rings. The zero-order valence-corrected chi connectivity index (χ0v) is 11.4. The summed E-state index contributed by atoms with van der Waals surface area (Å²) in [7, 11) is 2.05. The fourth-order valence-corrected chi connectivity index (χ4v) is 2.21. The van der Waals surface area contributed by atoms with E-state index in [1.165, 1.54) is 6.42 Å². The van der Waals surface area contributed by atoms with Crippen LogP contribution in [0.25, 0.3) is 0 Å². The van der Waals surface area contributed by atoms with Crippen molar-refractivity contribution in [3.8, 4) is 0 Å². The topological polar surface area (TPSA) is 50.3 Å². The SMILES string of the molecule is CCNc1cc(N(C)CC2CCCO2)nc(C)n1. The van der Waals surface area contributed by atoms with Gasteiger partial charge in [0.25, 0.3) is 0 Å². The molecule has 1 saturated heterocycles. The molecule has 1 atom stereocenters. The summed E-state index contributed by atoms with van der Waals surface area (Å²) in [6.45, 7) is 6.63. The van der Waals surface area contributed by atoms with Gasteiger partial charge in [-0.15, -0.1) is 0 Å². The number of nitrogens with one attached hydrogen (secondary N) is 1. The molecule has 1 aromatic heterocycles.